The van der Waals surface area contributed by atoms with Crippen LogP contribution >= 0.6 is 0 Å². The monoisotopic (exact) mass is 373 g/mol. The minimum absolute atomic E-state index is 0.0904. The Labute approximate surface area is 158 Å². The highest BCUT2D eigenvalue weighted by Gasteiger charge is 2.20. The lowest BCUT2D eigenvalue weighted by atomic mass is 10.1. The molecular formula is C20H23NO6. The predicted octanol–water partition coefficient (Wildman–Crippen LogP) is 3.79. The molecule has 0 aliphatic rings. The lowest BCUT2D eigenvalue weighted by Gasteiger charge is -2.25. The number of rotatable bonds is 8. The van der Waals surface area contributed by atoms with Gasteiger partial charge in [-0.15, -0.1) is 0 Å². The van der Waals surface area contributed by atoms with Crippen molar-refractivity contribution in [3.8, 4) is 11.5 Å². The molecule has 0 bridgehead atoms. The zero-order chi connectivity index (χ0) is 19.5. The summed E-state index contributed by atoms with van der Waals surface area (Å²) in [7, 11) is 0. The summed E-state index contributed by atoms with van der Waals surface area (Å²) in [5, 5.41) is 3.13. The Morgan fingerprint density at radius 3 is 1.81 bits per heavy atom. The van der Waals surface area contributed by atoms with Gasteiger partial charge in [-0.2, -0.15) is 0 Å². The summed E-state index contributed by atoms with van der Waals surface area (Å²) in [6.07, 6.45) is -1.55. The number of hydrogen-bond donors (Lipinski definition) is 1. The smallest absolute Gasteiger partial charge is 0.433 e. The molecular weight excluding hydrogens is 350 g/mol. The van der Waals surface area contributed by atoms with E-state index in [-0.39, 0.29) is 13.2 Å². The second-order valence-corrected chi connectivity index (χ2v) is 6.28. The van der Waals surface area contributed by atoms with Gasteiger partial charge in [0.2, 0.25) is 0 Å². The summed E-state index contributed by atoms with van der Waals surface area (Å²) in [6.45, 7) is 4.28. The summed E-state index contributed by atoms with van der Waals surface area (Å²) < 4.78 is 20.2. The van der Waals surface area contributed by atoms with Gasteiger partial charge < -0.3 is 24.3 Å². The van der Waals surface area contributed by atoms with Crippen LogP contribution in [-0.4, -0.2) is 37.6 Å². The van der Waals surface area contributed by atoms with Crippen molar-refractivity contribution in [2.45, 2.75) is 19.4 Å². The van der Waals surface area contributed by atoms with Crippen molar-refractivity contribution in [1.29, 1.82) is 0 Å². The molecule has 7 heteroatoms. The summed E-state index contributed by atoms with van der Waals surface area (Å²) in [6, 6.07) is 17.3. The van der Waals surface area contributed by atoms with Crippen LogP contribution in [0, 0.1) is 0 Å². The molecule has 0 saturated heterocycles. The van der Waals surface area contributed by atoms with Crippen LogP contribution in [-0.2, 0) is 9.47 Å². The van der Waals surface area contributed by atoms with Crippen molar-refractivity contribution in [3.63, 3.8) is 0 Å². The molecule has 2 aromatic rings. The number of carbonyl (C=O) groups is 2. The number of carbonyl (C=O) groups excluding carboxylic acids is 2. The lowest BCUT2D eigenvalue weighted by Crippen LogP contribution is -2.45. The molecule has 0 amide bonds. The third kappa shape index (κ3) is 8.24. The van der Waals surface area contributed by atoms with Crippen molar-refractivity contribution >= 4 is 12.3 Å². The molecule has 27 heavy (non-hydrogen) atoms. The Bertz CT molecular complexity index is 718. The van der Waals surface area contributed by atoms with Crippen LogP contribution in [0.4, 0.5) is 9.59 Å². The van der Waals surface area contributed by atoms with E-state index in [0.29, 0.717) is 18.0 Å². The SMILES string of the molecule is CC(C)(COC(=O)Oc1ccccc1)NCCOC(=O)Oc1ccccc1. The first-order chi connectivity index (χ1) is 12.9. The van der Waals surface area contributed by atoms with Crippen LogP contribution in [0.2, 0.25) is 0 Å². The average Bonchev–Trinajstić information content (AvgIpc) is 2.65. The van der Waals surface area contributed by atoms with Gasteiger partial charge in [0.25, 0.3) is 0 Å². The maximum Gasteiger partial charge on any atom is 0.513 e. The van der Waals surface area contributed by atoms with Gasteiger partial charge in [0.05, 0.1) is 0 Å². The van der Waals surface area contributed by atoms with Gasteiger partial charge in [-0.3, -0.25) is 0 Å². The number of hydrogen-bond acceptors (Lipinski definition) is 7. The molecule has 0 saturated carbocycles. The lowest BCUT2D eigenvalue weighted by molar-refractivity contribution is 0.0705. The zero-order valence-electron chi connectivity index (χ0n) is 15.3. The number of nitrogens with one attached hydrogen (secondary N) is 1. The fourth-order valence-corrected chi connectivity index (χ4v) is 2.04. The van der Waals surface area contributed by atoms with E-state index in [1.54, 1.807) is 48.5 Å². The van der Waals surface area contributed by atoms with Crippen molar-refractivity contribution in [1.82, 2.24) is 5.32 Å². The summed E-state index contributed by atoms with van der Waals surface area (Å²) >= 11 is 0. The fraction of sp³-hybridized carbons (Fsp3) is 0.300. The molecule has 1 N–H and O–H groups in total. The zero-order valence-corrected chi connectivity index (χ0v) is 15.3. The fourth-order valence-electron chi connectivity index (χ4n) is 2.04. The van der Waals surface area contributed by atoms with Gasteiger partial charge in [-0.25, -0.2) is 9.59 Å². The van der Waals surface area contributed by atoms with Gasteiger partial charge in [-0.05, 0) is 38.1 Å². The topological polar surface area (TPSA) is 83.1 Å². The average molecular weight is 373 g/mol. The van der Waals surface area contributed by atoms with Crippen LogP contribution in [0.15, 0.2) is 60.7 Å². The van der Waals surface area contributed by atoms with E-state index in [1.165, 1.54) is 0 Å². The van der Waals surface area contributed by atoms with Crippen LogP contribution in [0.25, 0.3) is 0 Å². The second kappa shape index (κ2) is 10.2. The first-order valence-corrected chi connectivity index (χ1v) is 8.49. The van der Waals surface area contributed by atoms with Gasteiger partial charge >= 0.3 is 12.3 Å². The molecule has 144 valence electrons. The van der Waals surface area contributed by atoms with Gasteiger partial charge in [0.15, 0.2) is 0 Å². The normalized spacial score (nSPS) is 10.7. The Kier molecular flexibility index (Phi) is 7.63. The molecule has 0 spiro atoms. The van der Waals surface area contributed by atoms with Crippen molar-refractivity contribution < 1.29 is 28.5 Å². The van der Waals surface area contributed by atoms with Gasteiger partial charge in [-0.1, -0.05) is 36.4 Å². The highest BCUT2D eigenvalue weighted by atomic mass is 16.7. The van der Waals surface area contributed by atoms with Gasteiger partial charge in [0.1, 0.15) is 24.7 Å². The molecule has 7 nitrogen and oxygen atoms in total. The maximum absolute atomic E-state index is 11.7. The number of ether oxygens (including phenoxy) is 4. The Morgan fingerprint density at radius 1 is 0.815 bits per heavy atom. The third-order valence-electron chi connectivity index (χ3n) is 3.37. The summed E-state index contributed by atoms with van der Waals surface area (Å²) in [5.74, 6) is 0.833. The Morgan fingerprint density at radius 2 is 1.30 bits per heavy atom. The molecule has 2 rings (SSSR count). The first kappa shape index (κ1) is 20.3. The highest BCUT2D eigenvalue weighted by molar-refractivity contribution is 5.64. The molecule has 0 heterocycles. The van der Waals surface area contributed by atoms with Crippen molar-refractivity contribution in [2.75, 3.05) is 19.8 Å². The van der Waals surface area contributed by atoms with Crippen molar-refractivity contribution in [2.24, 2.45) is 0 Å². The van der Waals surface area contributed by atoms with E-state index < -0.39 is 17.8 Å². The summed E-state index contributed by atoms with van der Waals surface area (Å²) in [5.41, 5.74) is -0.525. The van der Waals surface area contributed by atoms with E-state index in [1.807, 2.05) is 26.0 Å². The minimum Gasteiger partial charge on any atom is -0.433 e. The van der Waals surface area contributed by atoms with Crippen LogP contribution in [0.3, 0.4) is 0 Å². The molecule has 2 aromatic carbocycles. The molecule has 0 aromatic heterocycles. The van der Waals surface area contributed by atoms with E-state index in [0.717, 1.165) is 0 Å². The highest BCUT2D eigenvalue weighted by Crippen LogP contribution is 2.11. The van der Waals surface area contributed by atoms with Crippen LogP contribution in [0.1, 0.15) is 13.8 Å². The van der Waals surface area contributed by atoms with E-state index in [4.69, 9.17) is 18.9 Å². The quantitative estimate of drug-likeness (QED) is 0.428. The third-order valence-corrected chi connectivity index (χ3v) is 3.37. The predicted molar refractivity (Wildman–Crippen MR) is 98.9 cm³/mol. The van der Waals surface area contributed by atoms with Gasteiger partial charge in [0, 0.05) is 12.1 Å². The summed E-state index contributed by atoms with van der Waals surface area (Å²) in [4.78, 5) is 23.3. The van der Waals surface area contributed by atoms with Crippen molar-refractivity contribution in [3.05, 3.63) is 60.7 Å². The molecule has 0 atom stereocenters. The van der Waals surface area contributed by atoms with E-state index in [2.05, 4.69) is 5.32 Å². The first-order valence-electron chi connectivity index (χ1n) is 8.49. The molecule has 0 radical (unpaired) electrons. The Hall–Kier alpha value is -3.06. The number of benzene rings is 2. The van der Waals surface area contributed by atoms with Crippen LogP contribution < -0.4 is 14.8 Å². The molecule has 0 aliphatic heterocycles. The molecule has 0 fully saturated rings. The van der Waals surface area contributed by atoms with E-state index >= 15 is 0 Å². The number of para-hydroxylation sites is 2. The molecule has 0 aliphatic carbocycles. The Balaban J connectivity index is 1.61. The minimum atomic E-state index is -0.779. The standard InChI is InChI=1S/C20H23NO6/c1-20(2,15-25-19(23)27-17-11-7-4-8-12-17)21-13-14-24-18(22)26-16-9-5-3-6-10-16/h3-12,21H,13-15H2,1-2H3. The molecule has 0 unspecified atom stereocenters. The second-order valence-electron chi connectivity index (χ2n) is 6.28. The van der Waals surface area contributed by atoms with Crippen LogP contribution in [0.5, 0.6) is 11.5 Å². The maximum atomic E-state index is 11.7. The largest absolute Gasteiger partial charge is 0.513 e. The van der Waals surface area contributed by atoms with E-state index in [9.17, 15) is 9.59 Å².